The molecule has 0 amide bonds. The van der Waals surface area contributed by atoms with Crippen molar-refractivity contribution in [2.24, 2.45) is 0 Å². The zero-order valence-corrected chi connectivity index (χ0v) is 20.1. The molecule has 2 aromatic carbocycles. The van der Waals surface area contributed by atoms with Crippen LogP contribution in [0.4, 0.5) is 17.1 Å². The van der Waals surface area contributed by atoms with Gasteiger partial charge in [0, 0.05) is 0 Å². The number of nitrogens with zero attached hydrogens (tertiary/aromatic N) is 1. The number of phenolic OH excluding ortho intramolecular Hbond substituents is 1. The molecular formula is C21H26ClN3O8S. The summed E-state index contributed by atoms with van der Waals surface area (Å²) in [4.78, 5) is 28.9. The molecule has 0 aromatic heterocycles. The first-order valence-corrected chi connectivity index (χ1v) is 12.7. The standard InChI is InChI=1S/C21H26ClN3O8S/c1-3-13(15-7-4-10(2)33-15)23-16-17(20(29)19(16)28)24-14-6-5-12(22)21(18(14)27)34(30,31)25-8-11(26)9-32-25/h5-6,10-11,13,15,23-24,26-27H,3-4,7-9H2,1-2H3/t10-,11+,13-,15?/m1/s1. The zero-order chi connectivity index (χ0) is 24.8. The summed E-state index contributed by atoms with van der Waals surface area (Å²) >= 11 is 6.07. The molecule has 34 heavy (non-hydrogen) atoms. The lowest BCUT2D eigenvalue weighted by atomic mass is 10.0. The number of nitrogens with one attached hydrogen (secondary N) is 2. The van der Waals surface area contributed by atoms with Crippen molar-refractivity contribution in [3.05, 3.63) is 37.6 Å². The van der Waals surface area contributed by atoms with E-state index in [9.17, 15) is 28.2 Å². The van der Waals surface area contributed by atoms with Gasteiger partial charge >= 0.3 is 0 Å². The van der Waals surface area contributed by atoms with Crippen LogP contribution in [0.25, 0.3) is 0 Å². The van der Waals surface area contributed by atoms with Crippen LogP contribution >= 0.6 is 11.6 Å². The number of anilines is 3. The number of aliphatic hydroxyl groups excluding tert-OH is 1. The summed E-state index contributed by atoms with van der Waals surface area (Å²) in [7, 11) is -4.43. The monoisotopic (exact) mass is 515 g/mol. The largest absolute Gasteiger partial charge is 0.504 e. The highest BCUT2D eigenvalue weighted by Crippen LogP contribution is 2.40. The van der Waals surface area contributed by atoms with Crippen LogP contribution in [-0.2, 0) is 19.6 Å². The van der Waals surface area contributed by atoms with Crippen molar-refractivity contribution in [2.45, 2.75) is 62.4 Å². The van der Waals surface area contributed by atoms with Crippen LogP contribution in [0, 0.1) is 0 Å². The SMILES string of the molecule is CC[C@@H](Nc1c(Nc2ccc(Cl)c(S(=O)(=O)N3C[C@H](O)CO3)c2O)c(=O)c1=O)C1CC[C@@H](C)O1. The van der Waals surface area contributed by atoms with Gasteiger partial charge in [-0.3, -0.25) is 14.4 Å². The highest BCUT2D eigenvalue weighted by molar-refractivity contribution is 7.89. The molecule has 11 nitrogen and oxygen atoms in total. The van der Waals surface area contributed by atoms with E-state index in [2.05, 4.69) is 10.6 Å². The molecule has 2 heterocycles. The Morgan fingerprint density at radius 3 is 2.53 bits per heavy atom. The Hall–Kier alpha value is -2.22. The second-order valence-corrected chi connectivity index (χ2v) is 10.6. The quantitative estimate of drug-likeness (QED) is 0.300. The van der Waals surface area contributed by atoms with Crippen molar-refractivity contribution >= 4 is 38.7 Å². The number of hydrogen-bond acceptors (Lipinski definition) is 10. The fraction of sp³-hybridized carbons (Fsp3) is 0.524. The minimum absolute atomic E-state index is 0.0461. The summed E-state index contributed by atoms with van der Waals surface area (Å²) in [6.07, 6.45) is 1.33. The van der Waals surface area contributed by atoms with E-state index in [0.717, 1.165) is 12.8 Å². The molecule has 2 saturated heterocycles. The van der Waals surface area contributed by atoms with Crippen LogP contribution in [-0.4, -0.2) is 60.6 Å². The maximum absolute atomic E-state index is 12.9. The Morgan fingerprint density at radius 1 is 1.24 bits per heavy atom. The van der Waals surface area contributed by atoms with Crippen molar-refractivity contribution in [3.8, 4) is 5.75 Å². The number of rotatable bonds is 8. The van der Waals surface area contributed by atoms with E-state index >= 15 is 0 Å². The van der Waals surface area contributed by atoms with Gasteiger partial charge in [0.15, 0.2) is 5.75 Å². The molecule has 186 valence electrons. The van der Waals surface area contributed by atoms with Gasteiger partial charge in [-0.25, -0.2) is 8.42 Å². The molecule has 2 fully saturated rings. The Morgan fingerprint density at radius 2 is 1.94 bits per heavy atom. The summed E-state index contributed by atoms with van der Waals surface area (Å²) in [5, 5.41) is 25.8. The third-order valence-electron chi connectivity index (χ3n) is 6.03. The number of halogens is 1. The molecule has 0 spiro atoms. The number of β-amino-alcohol motifs (C(OH)–C–C–N with tert-alkyl or cyclic N) is 1. The minimum Gasteiger partial charge on any atom is -0.504 e. The smallest absolute Gasteiger partial charge is 0.270 e. The molecule has 0 radical (unpaired) electrons. The van der Waals surface area contributed by atoms with E-state index in [1.807, 2.05) is 13.8 Å². The second kappa shape index (κ2) is 9.44. The van der Waals surface area contributed by atoms with Gasteiger partial charge in [-0.2, -0.15) is 0 Å². The molecule has 2 aliphatic rings. The highest BCUT2D eigenvalue weighted by Gasteiger charge is 2.38. The fourth-order valence-electron chi connectivity index (χ4n) is 4.16. The summed E-state index contributed by atoms with van der Waals surface area (Å²) in [5.41, 5.74) is -1.71. The number of sulfonamides is 1. The summed E-state index contributed by atoms with van der Waals surface area (Å²) < 4.78 is 32.3. The molecule has 0 saturated carbocycles. The van der Waals surface area contributed by atoms with E-state index < -0.39 is 37.6 Å². The Kier molecular flexibility index (Phi) is 6.91. The van der Waals surface area contributed by atoms with E-state index in [4.69, 9.17) is 21.2 Å². The molecule has 0 bridgehead atoms. The maximum atomic E-state index is 12.9. The number of aromatic hydroxyl groups is 1. The lowest BCUT2D eigenvalue weighted by Gasteiger charge is -2.26. The van der Waals surface area contributed by atoms with Gasteiger partial charge in [-0.15, -0.1) is 0 Å². The van der Waals surface area contributed by atoms with Crippen molar-refractivity contribution < 1.29 is 28.2 Å². The van der Waals surface area contributed by atoms with Crippen molar-refractivity contribution in [1.29, 1.82) is 0 Å². The number of ether oxygens (including phenoxy) is 1. The van der Waals surface area contributed by atoms with Crippen molar-refractivity contribution in [1.82, 2.24) is 4.47 Å². The van der Waals surface area contributed by atoms with Crippen LogP contribution in [0.1, 0.15) is 33.1 Å². The minimum atomic E-state index is -4.43. The third kappa shape index (κ3) is 4.41. The predicted octanol–water partition coefficient (Wildman–Crippen LogP) is 1.44. The fourth-order valence-corrected chi connectivity index (χ4v) is 6.05. The molecule has 0 aliphatic carbocycles. The van der Waals surface area contributed by atoms with E-state index in [1.54, 1.807) is 0 Å². The number of aliphatic hydroxyl groups is 1. The molecule has 2 aliphatic heterocycles. The Labute approximate surface area is 200 Å². The number of phenols is 1. The normalized spacial score (nSPS) is 24.5. The van der Waals surface area contributed by atoms with Crippen LogP contribution in [0.2, 0.25) is 5.02 Å². The first-order chi connectivity index (χ1) is 16.0. The third-order valence-corrected chi connectivity index (χ3v) is 8.18. The second-order valence-electron chi connectivity index (χ2n) is 8.47. The number of hydroxylamine groups is 1. The van der Waals surface area contributed by atoms with Gasteiger partial charge in [0.05, 0.1) is 48.2 Å². The van der Waals surface area contributed by atoms with E-state index in [1.165, 1.54) is 12.1 Å². The van der Waals surface area contributed by atoms with Crippen molar-refractivity contribution in [2.75, 3.05) is 23.8 Å². The first kappa shape index (κ1) is 24.9. The van der Waals surface area contributed by atoms with Crippen molar-refractivity contribution in [3.63, 3.8) is 0 Å². The van der Waals surface area contributed by atoms with Crippen LogP contribution in [0.3, 0.4) is 0 Å². The summed E-state index contributed by atoms with van der Waals surface area (Å²) in [6, 6.07) is 2.31. The van der Waals surface area contributed by atoms with Crippen LogP contribution in [0.5, 0.6) is 5.75 Å². The molecule has 4 N–H and O–H groups in total. The molecule has 4 atom stereocenters. The summed E-state index contributed by atoms with van der Waals surface area (Å²) in [6.45, 7) is 3.35. The average Bonchev–Trinajstić information content (AvgIpc) is 3.43. The predicted molar refractivity (Wildman–Crippen MR) is 125 cm³/mol. The van der Waals surface area contributed by atoms with E-state index in [-0.39, 0.29) is 53.5 Å². The molecule has 1 unspecified atom stereocenters. The van der Waals surface area contributed by atoms with Gasteiger partial charge < -0.3 is 25.6 Å². The highest BCUT2D eigenvalue weighted by atomic mass is 35.5. The molecule has 13 heteroatoms. The lowest BCUT2D eigenvalue weighted by molar-refractivity contribution is -0.0317. The number of benzene rings is 1. The molecule has 4 rings (SSSR count). The van der Waals surface area contributed by atoms with Crippen LogP contribution in [0.15, 0.2) is 26.6 Å². The molecular weight excluding hydrogens is 490 g/mol. The van der Waals surface area contributed by atoms with Gasteiger partial charge in [0.2, 0.25) is 0 Å². The van der Waals surface area contributed by atoms with E-state index in [0.29, 0.717) is 10.9 Å². The van der Waals surface area contributed by atoms with Gasteiger partial charge in [0.1, 0.15) is 16.3 Å². The Balaban J connectivity index is 1.62. The van der Waals surface area contributed by atoms with Gasteiger partial charge in [0.25, 0.3) is 20.9 Å². The first-order valence-electron chi connectivity index (χ1n) is 10.9. The number of hydrogen-bond donors (Lipinski definition) is 4. The zero-order valence-electron chi connectivity index (χ0n) is 18.6. The Bertz CT molecular complexity index is 1260. The lowest BCUT2D eigenvalue weighted by Crippen LogP contribution is -2.42. The maximum Gasteiger partial charge on any atom is 0.270 e. The van der Waals surface area contributed by atoms with Gasteiger partial charge in [-0.05, 0) is 38.3 Å². The summed E-state index contributed by atoms with van der Waals surface area (Å²) in [5.74, 6) is -0.753. The average molecular weight is 516 g/mol. The topological polar surface area (TPSA) is 154 Å². The molecule has 2 aromatic rings. The van der Waals surface area contributed by atoms with Crippen LogP contribution < -0.4 is 21.5 Å². The van der Waals surface area contributed by atoms with Gasteiger partial charge in [-0.1, -0.05) is 23.0 Å².